The van der Waals surface area contributed by atoms with Gasteiger partial charge in [0.05, 0.1) is 12.7 Å². The van der Waals surface area contributed by atoms with E-state index in [0.29, 0.717) is 11.7 Å². The first kappa shape index (κ1) is 14.0. The third-order valence-corrected chi connectivity index (χ3v) is 4.70. The number of hydrogen-bond donors (Lipinski definition) is 1. The van der Waals surface area contributed by atoms with Gasteiger partial charge in [-0.3, -0.25) is 0 Å². The summed E-state index contributed by atoms with van der Waals surface area (Å²) in [6, 6.07) is 7.89. The van der Waals surface area contributed by atoms with Gasteiger partial charge >= 0.3 is 0 Å². The molecule has 4 nitrogen and oxygen atoms in total. The molecule has 1 saturated carbocycles. The van der Waals surface area contributed by atoms with Crippen LogP contribution in [-0.4, -0.2) is 12.3 Å². The van der Waals surface area contributed by atoms with E-state index in [-0.39, 0.29) is 5.41 Å². The summed E-state index contributed by atoms with van der Waals surface area (Å²) in [5.41, 5.74) is 8.27. The fourth-order valence-electron chi connectivity index (χ4n) is 3.41. The van der Waals surface area contributed by atoms with Crippen molar-refractivity contribution in [1.29, 1.82) is 0 Å². The highest BCUT2D eigenvalue weighted by atomic mass is 16.5. The Kier molecular flexibility index (Phi) is 3.40. The zero-order valence-electron chi connectivity index (χ0n) is 12.8. The Hall–Kier alpha value is -1.97. The van der Waals surface area contributed by atoms with E-state index >= 15 is 0 Å². The maximum Gasteiger partial charge on any atom is 0.175 e. The van der Waals surface area contributed by atoms with Crippen LogP contribution in [0.3, 0.4) is 0 Å². The Morgan fingerprint density at radius 3 is 2.57 bits per heavy atom. The van der Waals surface area contributed by atoms with Crippen molar-refractivity contribution in [3.63, 3.8) is 0 Å². The molecule has 112 valence electrons. The third kappa shape index (κ3) is 2.39. The van der Waals surface area contributed by atoms with Gasteiger partial charge in [0.15, 0.2) is 5.82 Å². The molecule has 21 heavy (non-hydrogen) atoms. The maximum atomic E-state index is 6.06. The van der Waals surface area contributed by atoms with E-state index in [0.717, 1.165) is 29.1 Å². The number of nitrogen functional groups attached to an aromatic ring is 1. The molecule has 1 aromatic carbocycles. The lowest BCUT2D eigenvalue weighted by Crippen LogP contribution is -2.15. The number of methoxy groups -OCH3 is 1. The maximum absolute atomic E-state index is 6.06. The molecule has 4 heteroatoms. The van der Waals surface area contributed by atoms with Crippen molar-refractivity contribution < 1.29 is 9.26 Å². The fraction of sp³-hybridized carbons (Fsp3) is 0.471. The monoisotopic (exact) mass is 286 g/mol. The molecule has 0 aliphatic heterocycles. The molecule has 2 N–H and O–H groups in total. The number of nitrogens with zero attached hydrogens (tertiary/aromatic N) is 1. The quantitative estimate of drug-likeness (QED) is 0.917. The van der Waals surface area contributed by atoms with E-state index in [9.17, 15) is 0 Å². The molecule has 3 rings (SSSR count). The van der Waals surface area contributed by atoms with E-state index in [1.165, 1.54) is 12.8 Å². The highest BCUT2D eigenvalue weighted by Gasteiger charge is 2.40. The summed E-state index contributed by atoms with van der Waals surface area (Å²) in [6.45, 7) is 4.59. The molecule has 2 aromatic rings. The van der Waals surface area contributed by atoms with Crippen LogP contribution in [0.1, 0.15) is 44.8 Å². The Morgan fingerprint density at radius 1 is 1.29 bits per heavy atom. The second kappa shape index (κ2) is 5.10. The van der Waals surface area contributed by atoms with E-state index in [4.69, 9.17) is 15.0 Å². The largest absolute Gasteiger partial charge is 0.497 e. The van der Waals surface area contributed by atoms with E-state index in [1.807, 2.05) is 24.3 Å². The summed E-state index contributed by atoms with van der Waals surface area (Å²) in [7, 11) is 1.66. The lowest BCUT2D eigenvalue weighted by molar-refractivity contribution is 0.269. The zero-order chi connectivity index (χ0) is 15.0. The second-order valence-corrected chi connectivity index (χ2v) is 6.47. The van der Waals surface area contributed by atoms with Gasteiger partial charge in [-0.05, 0) is 36.0 Å². The minimum Gasteiger partial charge on any atom is -0.497 e. The van der Waals surface area contributed by atoms with Crippen LogP contribution in [0, 0.1) is 5.41 Å². The van der Waals surface area contributed by atoms with Crippen LogP contribution in [-0.2, 0) is 0 Å². The van der Waals surface area contributed by atoms with Gasteiger partial charge in [0, 0.05) is 5.92 Å². The number of benzene rings is 1. The van der Waals surface area contributed by atoms with Gasteiger partial charge < -0.3 is 15.0 Å². The van der Waals surface area contributed by atoms with Gasteiger partial charge in [0.25, 0.3) is 0 Å². The molecule has 1 aliphatic carbocycles. The van der Waals surface area contributed by atoms with Crippen molar-refractivity contribution in [3.05, 3.63) is 30.0 Å². The van der Waals surface area contributed by atoms with Crippen molar-refractivity contribution in [2.45, 2.75) is 39.0 Å². The van der Waals surface area contributed by atoms with Gasteiger partial charge in [-0.2, -0.15) is 0 Å². The number of nitrogens with two attached hydrogens (primary N) is 1. The minimum atomic E-state index is 0.229. The third-order valence-electron chi connectivity index (χ3n) is 4.70. The predicted octanol–water partition coefficient (Wildman–Crippen LogP) is 4.23. The minimum absolute atomic E-state index is 0.229. The normalized spacial score (nSPS) is 20.6. The van der Waals surface area contributed by atoms with E-state index in [1.54, 1.807) is 7.11 Å². The van der Waals surface area contributed by atoms with E-state index < -0.39 is 0 Å². The molecule has 1 aliphatic rings. The summed E-state index contributed by atoms with van der Waals surface area (Å²) >= 11 is 0. The number of ether oxygens (including phenoxy) is 1. The Balaban J connectivity index is 2.04. The van der Waals surface area contributed by atoms with Crippen LogP contribution >= 0.6 is 0 Å². The first-order chi connectivity index (χ1) is 10.0. The highest BCUT2D eigenvalue weighted by molar-refractivity contribution is 5.76. The fourth-order valence-corrected chi connectivity index (χ4v) is 3.41. The van der Waals surface area contributed by atoms with Gasteiger partial charge in [-0.25, -0.2) is 0 Å². The summed E-state index contributed by atoms with van der Waals surface area (Å²) in [4.78, 5) is 0. The van der Waals surface area contributed by atoms with Crippen molar-refractivity contribution >= 4 is 5.82 Å². The van der Waals surface area contributed by atoms with Crippen LogP contribution in [0.5, 0.6) is 5.75 Å². The number of rotatable bonds is 3. The van der Waals surface area contributed by atoms with Crippen LogP contribution in [0.25, 0.3) is 11.1 Å². The molecular formula is C17H22N2O2. The molecule has 1 heterocycles. The number of hydrogen-bond acceptors (Lipinski definition) is 4. The molecule has 0 radical (unpaired) electrons. The summed E-state index contributed by atoms with van der Waals surface area (Å²) in [5, 5.41) is 4.02. The summed E-state index contributed by atoms with van der Waals surface area (Å²) in [5.74, 6) is 2.61. The molecule has 1 unspecified atom stereocenters. The van der Waals surface area contributed by atoms with Crippen molar-refractivity contribution in [2.24, 2.45) is 5.41 Å². The number of anilines is 1. The topological polar surface area (TPSA) is 61.3 Å². The first-order valence-electron chi connectivity index (χ1n) is 7.42. The van der Waals surface area contributed by atoms with Crippen LogP contribution in [0.15, 0.2) is 28.8 Å². The standard InChI is InChI=1S/C17H22N2O2/c1-17(2)10-4-5-13(17)15-14(16(18)19-21-15)11-6-8-12(20-3)9-7-11/h6-9,13H,4-5,10H2,1-3H3,(H2,18,19). The first-order valence-corrected chi connectivity index (χ1v) is 7.42. The summed E-state index contributed by atoms with van der Waals surface area (Å²) in [6.07, 6.45) is 3.56. The SMILES string of the molecule is COc1ccc(-c2c(N)noc2C2CCCC2(C)C)cc1. The van der Waals surface area contributed by atoms with Crippen LogP contribution < -0.4 is 10.5 Å². The second-order valence-electron chi connectivity index (χ2n) is 6.47. The zero-order valence-corrected chi connectivity index (χ0v) is 12.8. The molecule has 1 aromatic heterocycles. The molecule has 1 atom stereocenters. The van der Waals surface area contributed by atoms with Crippen molar-refractivity contribution in [2.75, 3.05) is 12.8 Å². The lowest BCUT2D eigenvalue weighted by Gasteiger charge is -2.25. The Morgan fingerprint density at radius 2 is 2.00 bits per heavy atom. The number of aromatic nitrogens is 1. The predicted molar refractivity (Wildman–Crippen MR) is 83.3 cm³/mol. The van der Waals surface area contributed by atoms with Gasteiger partial charge in [0.1, 0.15) is 11.5 Å². The molecular weight excluding hydrogens is 264 g/mol. The highest BCUT2D eigenvalue weighted by Crippen LogP contribution is 2.51. The molecule has 0 spiro atoms. The van der Waals surface area contributed by atoms with Crippen LogP contribution in [0.4, 0.5) is 5.82 Å². The smallest absolute Gasteiger partial charge is 0.175 e. The summed E-state index contributed by atoms with van der Waals surface area (Å²) < 4.78 is 10.8. The van der Waals surface area contributed by atoms with Crippen LogP contribution in [0.2, 0.25) is 0 Å². The lowest BCUT2D eigenvalue weighted by atomic mass is 9.79. The average Bonchev–Trinajstić information content (AvgIpc) is 3.01. The molecule has 0 bridgehead atoms. The Labute approximate surface area is 125 Å². The molecule has 1 fully saturated rings. The van der Waals surface area contributed by atoms with Gasteiger partial charge in [-0.1, -0.05) is 37.6 Å². The van der Waals surface area contributed by atoms with Crippen molar-refractivity contribution in [3.8, 4) is 16.9 Å². The van der Waals surface area contributed by atoms with Gasteiger partial charge in [-0.15, -0.1) is 0 Å². The Bertz CT molecular complexity index is 629. The van der Waals surface area contributed by atoms with Gasteiger partial charge in [0.2, 0.25) is 0 Å². The average molecular weight is 286 g/mol. The van der Waals surface area contributed by atoms with Crippen molar-refractivity contribution in [1.82, 2.24) is 5.16 Å². The molecule has 0 saturated heterocycles. The molecule has 0 amide bonds. The van der Waals surface area contributed by atoms with E-state index in [2.05, 4.69) is 19.0 Å².